The molecule has 4 nitrogen and oxygen atoms in total. The molecule has 0 saturated heterocycles. The van der Waals surface area contributed by atoms with Crippen molar-refractivity contribution in [2.24, 2.45) is 7.05 Å². The van der Waals surface area contributed by atoms with Gasteiger partial charge in [0.1, 0.15) is 5.82 Å². The SMILES string of the molecule is CNC(Cc1nccn1C)S(C)=O. The molecule has 2 atom stereocenters. The number of aryl methyl sites for hydroxylation is 1. The summed E-state index contributed by atoms with van der Waals surface area (Å²) in [6.07, 6.45) is 6.04. The quantitative estimate of drug-likeness (QED) is 0.739. The van der Waals surface area contributed by atoms with Crippen molar-refractivity contribution in [3.8, 4) is 0 Å². The van der Waals surface area contributed by atoms with Crippen LogP contribution in [0.15, 0.2) is 12.4 Å². The van der Waals surface area contributed by atoms with E-state index in [0.717, 1.165) is 5.82 Å². The maximum Gasteiger partial charge on any atom is 0.110 e. The van der Waals surface area contributed by atoms with Gasteiger partial charge < -0.3 is 9.88 Å². The molecule has 1 aromatic rings. The Hall–Kier alpha value is -0.680. The summed E-state index contributed by atoms with van der Waals surface area (Å²) in [5, 5.41) is 3.00. The van der Waals surface area contributed by atoms with Gasteiger partial charge in [0.15, 0.2) is 0 Å². The first kappa shape index (κ1) is 10.4. The van der Waals surface area contributed by atoms with Crippen LogP contribution in [-0.2, 0) is 24.3 Å². The monoisotopic (exact) mass is 201 g/mol. The zero-order valence-electron chi connectivity index (χ0n) is 8.15. The first-order chi connectivity index (χ1) is 6.15. The highest BCUT2D eigenvalue weighted by molar-refractivity contribution is 7.84. The highest BCUT2D eigenvalue weighted by Crippen LogP contribution is 2.01. The van der Waals surface area contributed by atoms with Gasteiger partial charge in [-0.25, -0.2) is 4.98 Å². The van der Waals surface area contributed by atoms with E-state index in [9.17, 15) is 4.21 Å². The maximum absolute atomic E-state index is 11.2. The van der Waals surface area contributed by atoms with Crippen LogP contribution in [0.1, 0.15) is 5.82 Å². The Kier molecular flexibility index (Phi) is 3.62. The topological polar surface area (TPSA) is 46.9 Å². The van der Waals surface area contributed by atoms with Crippen molar-refractivity contribution >= 4 is 10.8 Å². The molecule has 0 aliphatic rings. The fourth-order valence-corrected chi connectivity index (χ4v) is 1.86. The molecular formula is C8H15N3OS. The van der Waals surface area contributed by atoms with Crippen LogP contribution < -0.4 is 5.32 Å². The Balaban J connectivity index is 2.67. The van der Waals surface area contributed by atoms with Gasteiger partial charge in [0.05, 0.1) is 5.37 Å². The van der Waals surface area contributed by atoms with E-state index in [4.69, 9.17) is 0 Å². The van der Waals surface area contributed by atoms with Crippen molar-refractivity contribution < 1.29 is 4.21 Å². The van der Waals surface area contributed by atoms with E-state index in [1.807, 2.05) is 24.9 Å². The molecule has 0 radical (unpaired) electrons. The smallest absolute Gasteiger partial charge is 0.110 e. The van der Waals surface area contributed by atoms with E-state index in [0.29, 0.717) is 6.42 Å². The molecule has 0 spiro atoms. The summed E-state index contributed by atoms with van der Waals surface area (Å²) in [5.74, 6) is 0.953. The Labute approximate surface area is 80.8 Å². The summed E-state index contributed by atoms with van der Waals surface area (Å²) in [7, 11) is 2.89. The van der Waals surface area contributed by atoms with Crippen LogP contribution in [-0.4, -0.2) is 32.4 Å². The standard InChI is InChI=1S/C8H15N3OS/c1-9-8(13(3)12)6-7-10-4-5-11(7)2/h4-5,8-9H,6H2,1-3H3. The molecule has 1 aromatic heterocycles. The molecule has 5 heteroatoms. The Morgan fingerprint density at radius 2 is 2.46 bits per heavy atom. The molecule has 2 unspecified atom stereocenters. The molecule has 0 saturated carbocycles. The maximum atomic E-state index is 11.2. The third-order valence-corrected chi connectivity index (χ3v) is 3.22. The van der Waals surface area contributed by atoms with Crippen molar-refractivity contribution in [2.75, 3.05) is 13.3 Å². The highest BCUT2D eigenvalue weighted by Gasteiger charge is 2.13. The van der Waals surface area contributed by atoms with Gasteiger partial charge in [0.25, 0.3) is 0 Å². The first-order valence-corrected chi connectivity index (χ1v) is 5.73. The van der Waals surface area contributed by atoms with Crippen LogP contribution in [0, 0.1) is 0 Å². The van der Waals surface area contributed by atoms with E-state index >= 15 is 0 Å². The van der Waals surface area contributed by atoms with Crippen molar-refractivity contribution in [3.63, 3.8) is 0 Å². The van der Waals surface area contributed by atoms with E-state index in [1.165, 1.54) is 0 Å². The Morgan fingerprint density at radius 3 is 2.85 bits per heavy atom. The van der Waals surface area contributed by atoms with Crippen LogP contribution in [0.5, 0.6) is 0 Å². The lowest BCUT2D eigenvalue weighted by atomic mass is 10.4. The molecule has 13 heavy (non-hydrogen) atoms. The molecule has 0 bridgehead atoms. The predicted octanol–water partition coefficient (Wildman–Crippen LogP) is -0.113. The van der Waals surface area contributed by atoms with Crippen LogP contribution in [0.2, 0.25) is 0 Å². The molecule has 74 valence electrons. The number of likely N-dealkylation sites (N-methyl/N-ethyl adjacent to an activating group) is 1. The normalized spacial score (nSPS) is 15.6. The van der Waals surface area contributed by atoms with Gasteiger partial charge in [-0.05, 0) is 7.05 Å². The second-order valence-corrected chi connectivity index (χ2v) is 4.50. The van der Waals surface area contributed by atoms with E-state index in [1.54, 1.807) is 12.5 Å². The minimum atomic E-state index is -0.861. The van der Waals surface area contributed by atoms with E-state index < -0.39 is 10.8 Å². The molecule has 0 aliphatic carbocycles. The zero-order valence-corrected chi connectivity index (χ0v) is 8.97. The summed E-state index contributed by atoms with van der Waals surface area (Å²) < 4.78 is 13.2. The third kappa shape index (κ3) is 2.63. The Bertz CT molecular complexity index is 297. The highest BCUT2D eigenvalue weighted by atomic mass is 32.2. The molecule has 0 fully saturated rings. The fourth-order valence-electron chi connectivity index (χ4n) is 1.14. The van der Waals surface area contributed by atoms with Gasteiger partial charge >= 0.3 is 0 Å². The number of nitrogens with zero attached hydrogens (tertiary/aromatic N) is 2. The number of rotatable bonds is 4. The summed E-state index contributed by atoms with van der Waals surface area (Å²) in [6, 6.07) is 0. The number of hydrogen-bond donors (Lipinski definition) is 1. The second kappa shape index (κ2) is 4.53. The molecule has 0 aromatic carbocycles. The number of aromatic nitrogens is 2. The molecule has 0 aliphatic heterocycles. The van der Waals surface area contributed by atoms with Gasteiger partial charge in [-0.15, -0.1) is 0 Å². The van der Waals surface area contributed by atoms with Crippen molar-refractivity contribution in [1.29, 1.82) is 0 Å². The minimum Gasteiger partial charge on any atom is -0.338 e. The average molecular weight is 201 g/mol. The Morgan fingerprint density at radius 1 is 1.77 bits per heavy atom. The van der Waals surface area contributed by atoms with Gasteiger partial charge in [-0.1, -0.05) is 0 Å². The van der Waals surface area contributed by atoms with Crippen molar-refractivity contribution in [3.05, 3.63) is 18.2 Å². The van der Waals surface area contributed by atoms with Crippen LogP contribution in [0.3, 0.4) is 0 Å². The van der Waals surface area contributed by atoms with Gasteiger partial charge in [-0.2, -0.15) is 0 Å². The van der Waals surface area contributed by atoms with Crippen LogP contribution >= 0.6 is 0 Å². The van der Waals surface area contributed by atoms with Crippen LogP contribution in [0.4, 0.5) is 0 Å². The first-order valence-electron chi connectivity index (χ1n) is 4.11. The number of hydrogen-bond acceptors (Lipinski definition) is 3. The summed E-state index contributed by atoms with van der Waals surface area (Å²) in [6.45, 7) is 0. The molecule has 1 rings (SSSR count). The average Bonchev–Trinajstić information content (AvgIpc) is 2.46. The minimum absolute atomic E-state index is 0.0129. The van der Waals surface area contributed by atoms with Crippen molar-refractivity contribution in [2.45, 2.75) is 11.8 Å². The van der Waals surface area contributed by atoms with Gasteiger partial charge in [0, 0.05) is 42.9 Å². The summed E-state index contributed by atoms with van der Waals surface area (Å²) in [4.78, 5) is 4.17. The largest absolute Gasteiger partial charge is 0.338 e. The van der Waals surface area contributed by atoms with Gasteiger partial charge in [0.2, 0.25) is 0 Å². The predicted molar refractivity (Wildman–Crippen MR) is 53.8 cm³/mol. The van der Waals surface area contributed by atoms with Gasteiger partial charge in [-0.3, -0.25) is 4.21 Å². The van der Waals surface area contributed by atoms with E-state index in [-0.39, 0.29) is 5.37 Å². The van der Waals surface area contributed by atoms with Crippen molar-refractivity contribution in [1.82, 2.24) is 14.9 Å². The lowest BCUT2D eigenvalue weighted by molar-refractivity contribution is 0.631. The second-order valence-electron chi connectivity index (χ2n) is 2.93. The molecule has 1 N–H and O–H groups in total. The molecule has 1 heterocycles. The number of nitrogens with one attached hydrogen (secondary N) is 1. The molecule has 0 amide bonds. The number of imidazole rings is 1. The summed E-state index contributed by atoms with van der Waals surface area (Å²) >= 11 is 0. The lowest BCUT2D eigenvalue weighted by Gasteiger charge is -2.12. The third-order valence-electron chi connectivity index (χ3n) is 2.01. The fraction of sp³-hybridized carbons (Fsp3) is 0.625. The summed E-state index contributed by atoms with van der Waals surface area (Å²) in [5.41, 5.74) is 0. The van der Waals surface area contributed by atoms with Crippen LogP contribution in [0.25, 0.3) is 0 Å². The zero-order chi connectivity index (χ0) is 9.84. The van der Waals surface area contributed by atoms with E-state index in [2.05, 4.69) is 10.3 Å². The molecular weight excluding hydrogens is 186 g/mol. The lowest BCUT2D eigenvalue weighted by Crippen LogP contribution is -2.32.